The number of piperidine rings is 1. The van der Waals surface area contributed by atoms with Crippen LogP contribution in [0, 0.1) is 6.92 Å². The Bertz CT molecular complexity index is 1060. The number of hydrogen-bond acceptors (Lipinski definition) is 6. The third-order valence-electron chi connectivity index (χ3n) is 5.00. The Labute approximate surface area is 154 Å². The average molecular weight is 368 g/mol. The Hall–Kier alpha value is -2.38. The molecular formula is C19H20N4O2S. The van der Waals surface area contributed by atoms with Crippen molar-refractivity contribution in [1.29, 1.82) is 0 Å². The SMILES string of the molecule is COc1cc(-c2cn3cc(C4CCNCC4)nc3s2)cc2oc(C)nc12. The normalized spacial score (nSPS) is 15.9. The molecule has 0 bridgehead atoms. The van der Waals surface area contributed by atoms with E-state index in [1.54, 1.807) is 18.4 Å². The summed E-state index contributed by atoms with van der Waals surface area (Å²) < 4.78 is 13.4. The maximum absolute atomic E-state index is 5.71. The molecule has 4 heterocycles. The van der Waals surface area contributed by atoms with Crippen LogP contribution < -0.4 is 10.1 Å². The number of aryl methyl sites for hydroxylation is 1. The first kappa shape index (κ1) is 15.8. The summed E-state index contributed by atoms with van der Waals surface area (Å²) in [4.78, 5) is 11.4. The van der Waals surface area contributed by atoms with E-state index in [-0.39, 0.29) is 0 Å². The molecule has 6 nitrogen and oxygen atoms in total. The summed E-state index contributed by atoms with van der Waals surface area (Å²) in [5.74, 6) is 1.94. The van der Waals surface area contributed by atoms with Gasteiger partial charge in [0.2, 0.25) is 0 Å². The molecule has 26 heavy (non-hydrogen) atoms. The van der Waals surface area contributed by atoms with E-state index in [4.69, 9.17) is 14.1 Å². The van der Waals surface area contributed by atoms with Crippen LogP contribution in [-0.4, -0.2) is 34.6 Å². The summed E-state index contributed by atoms with van der Waals surface area (Å²) >= 11 is 1.69. The van der Waals surface area contributed by atoms with Gasteiger partial charge in [-0.2, -0.15) is 0 Å². The van der Waals surface area contributed by atoms with Gasteiger partial charge in [0.25, 0.3) is 0 Å². The first-order valence-electron chi connectivity index (χ1n) is 8.86. The summed E-state index contributed by atoms with van der Waals surface area (Å²) in [5.41, 5.74) is 3.79. The van der Waals surface area contributed by atoms with Gasteiger partial charge < -0.3 is 14.5 Å². The fourth-order valence-corrected chi connectivity index (χ4v) is 4.63. The quantitative estimate of drug-likeness (QED) is 0.592. The molecule has 5 rings (SSSR count). The molecule has 0 radical (unpaired) electrons. The lowest BCUT2D eigenvalue weighted by molar-refractivity contribution is 0.419. The van der Waals surface area contributed by atoms with E-state index >= 15 is 0 Å². The van der Waals surface area contributed by atoms with Crippen molar-refractivity contribution in [3.8, 4) is 16.2 Å². The molecule has 1 fully saturated rings. The number of rotatable bonds is 3. The summed E-state index contributed by atoms with van der Waals surface area (Å²) in [6.45, 7) is 4.01. The Kier molecular flexibility index (Phi) is 3.72. The minimum absolute atomic E-state index is 0.570. The van der Waals surface area contributed by atoms with Gasteiger partial charge in [0.1, 0.15) is 5.75 Å². The molecule has 0 spiro atoms. The van der Waals surface area contributed by atoms with Crippen molar-refractivity contribution in [1.82, 2.24) is 19.7 Å². The number of nitrogens with one attached hydrogen (secondary N) is 1. The number of ether oxygens (including phenoxy) is 1. The molecule has 7 heteroatoms. The maximum Gasteiger partial charge on any atom is 0.194 e. The molecule has 1 aliphatic heterocycles. The van der Waals surface area contributed by atoms with E-state index in [1.165, 1.54) is 5.69 Å². The number of hydrogen-bond donors (Lipinski definition) is 1. The largest absolute Gasteiger partial charge is 0.494 e. The van der Waals surface area contributed by atoms with Gasteiger partial charge in [-0.15, -0.1) is 0 Å². The van der Waals surface area contributed by atoms with Crippen LogP contribution in [0.1, 0.15) is 30.3 Å². The van der Waals surface area contributed by atoms with Crippen molar-refractivity contribution in [2.45, 2.75) is 25.7 Å². The Morgan fingerprint density at radius 1 is 1.23 bits per heavy atom. The minimum Gasteiger partial charge on any atom is -0.494 e. The van der Waals surface area contributed by atoms with E-state index in [1.807, 2.05) is 19.1 Å². The zero-order chi connectivity index (χ0) is 17.7. The van der Waals surface area contributed by atoms with Crippen LogP contribution in [0.15, 0.2) is 28.9 Å². The van der Waals surface area contributed by atoms with Gasteiger partial charge in [-0.05, 0) is 38.1 Å². The monoisotopic (exact) mass is 368 g/mol. The van der Waals surface area contributed by atoms with E-state index in [0.717, 1.165) is 58.2 Å². The second kappa shape index (κ2) is 6.10. The second-order valence-electron chi connectivity index (χ2n) is 6.73. The summed E-state index contributed by atoms with van der Waals surface area (Å²) in [6.07, 6.45) is 6.65. The molecule has 4 aromatic rings. The molecule has 1 saturated heterocycles. The lowest BCUT2D eigenvalue weighted by atomic mass is 9.95. The van der Waals surface area contributed by atoms with Crippen molar-refractivity contribution < 1.29 is 9.15 Å². The smallest absolute Gasteiger partial charge is 0.194 e. The van der Waals surface area contributed by atoms with Gasteiger partial charge in [0, 0.05) is 30.8 Å². The molecule has 1 N–H and O–H groups in total. The first-order valence-corrected chi connectivity index (χ1v) is 9.67. The molecule has 0 saturated carbocycles. The van der Waals surface area contributed by atoms with Crippen molar-refractivity contribution in [2.75, 3.05) is 20.2 Å². The fraction of sp³-hybridized carbons (Fsp3) is 0.368. The van der Waals surface area contributed by atoms with Crippen LogP contribution in [0.25, 0.3) is 26.5 Å². The molecule has 0 amide bonds. The zero-order valence-corrected chi connectivity index (χ0v) is 15.6. The van der Waals surface area contributed by atoms with Crippen molar-refractivity contribution in [3.63, 3.8) is 0 Å². The third kappa shape index (κ3) is 2.59. The lowest BCUT2D eigenvalue weighted by Gasteiger charge is -2.20. The molecule has 1 aliphatic rings. The number of thiazole rings is 1. The van der Waals surface area contributed by atoms with Gasteiger partial charge in [0.15, 0.2) is 22.0 Å². The number of fused-ring (bicyclic) bond motifs is 2. The van der Waals surface area contributed by atoms with Gasteiger partial charge in [0.05, 0.1) is 17.7 Å². The molecule has 3 aromatic heterocycles. The van der Waals surface area contributed by atoms with Gasteiger partial charge in [-0.3, -0.25) is 4.40 Å². The highest BCUT2D eigenvalue weighted by atomic mass is 32.1. The second-order valence-corrected chi connectivity index (χ2v) is 7.74. The fourth-order valence-electron chi connectivity index (χ4n) is 3.67. The Morgan fingerprint density at radius 2 is 2.08 bits per heavy atom. The number of aromatic nitrogens is 3. The van der Waals surface area contributed by atoms with Gasteiger partial charge >= 0.3 is 0 Å². The van der Waals surface area contributed by atoms with Crippen LogP contribution in [0.3, 0.4) is 0 Å². The summed E-state index contributed by atoms with van der Waals surface area (Å²) in [7, 11) is 1.66. The number of methoxy groups -OCH3 is 1. The number of oxazole rings is 1. The Morgan fingerprint density at radius 3 is 2.85 bits per heavy atom. The molecule has 0 unspecified atom stereocenters. The highest BCUT2D eigenvalue weighted by Crippen LogP contribution is 2.36. The van der Waals surface area contributed by atoms with Crippen molar-refractivity contribution >= 4 is 27.4 Å². The number of nitrogens with zero attached hydrogens (tertiary/aromatic N) is 3. The number of benzene rings is 1. The standard InChI is InChI=1S/C19H20N4O2S/c1-11-21-18-15(24-2)7-13(8-16(18)25-11)17-10-23-9-14(22-19(23)26-17)12-3-5-20-6-4-12/h7-10,12,20H,3-6H2,1-2H3. The first-order chi connectivity index (χ1) is 12.7. The van der Waals surface area contributed by atoms with E-state index < -0.39 is 0 Å². The van der Waals surface area contributed by atoms with Crippen LogP contribution in [0.4, 0.5) is 0 Å². The molecule has 134 valence electrons. The topological polar surface area (TPSA) is 64.6 Å². The highest BCUT2D eigenvalue weighted by Gasteiger charge is 2.20. The molecule has 0 atom stereocenters. The summed E-state index contributed by atoms with van der Waals surface area (Å²) in [5, 5.41) is 3.41. The highest BCUT2D eigenvalue weighted by molar-refractivity contribution is 7.20. The summed E-state index contributed by atoms with van der Waals surface area (Å²) in [6, 6.07) is 4.04. The van der Waals surface area contributed by atoms with Crippen LogP contribution >= 0.6 is 11.3 Å². The molecular weight excluding hydrogens is 348 g/mol. The lowest BCUT2D eigenvalue weighted by Crippen LogP contribution is -2.26. The predicted octanol–water partition coefficient (Wildman–Crippen LogP) is 3.99. The van der Waals surface area contributed by atoms with E-state index in [0.29, 0.717) is 11.8 Å². The average Bonchev–Trinajstić information content (AvgIpc) is 3.33. The molecule has 0 aliphatic carbocycles. The van der Waals surface area contributed by atoms with Gasteiger partial charge in [-0.1, -0.05) is 11.3 Å². The number of imidazole rings is 1. The van der Waals surface area contributed by atoms with E-state index in [9.17, 15) is 0 Å². The predicted molar refractivity (Wildman–Crippen MR) is 102 cm³/mol. The van der Waals surface area contributed by atoms with Crippen molar-refractivity contribution in [2.24, 2.45) is 0 Å². The third-order valence-corrected chi connectivity index (χ3v) is 6.05. The Balaban J connectivity index is 1.54. The van der Waals surface area contributed by atoms with Crippen molar-refractivity contribution in [3.05, 3.63) is 36.1 Å². The van der Waals surface area contributed by atoms with Crippen LogP contribution in [0.2, 0.25) is 0 Å². The minimum atomic E-state index is 0.570. The van der Waals surface area contributed by atoms with Crippen LogP contribution in [0.5, 0.6) is 5.75 Å². The molecule has 1 aromatic carbocycles. The van der Waals surface area contributed by atoms with E-state index in [2.05, 4.69) is 27.1 Å². The van der Waals surface area contributed by atoms with Gasteiger partial charge in [-0.25, -0.2) is 9.97 Å². The zero-order valence-electron chi connectivity index (χ0n) is 14.8. The maximum atomic E-state index is 5.71. The van der Waals surface area contributed by atoms with Crippen LogP contribution in [-0.2, 0) is 0 Å².